The molecule has 9 aromatic carbocycles. The van der Waals surface area contributed by atoms with Crippen LogP contribution in [0.5, 0.6) is 0 Å². The van der Waals surface area contributed by atoms with Gasteiger partial charge in [-0.2, -0.15) is 5.26 Å². The monoisotopic (exact) mass is 723 g/mol. The van der Waals surface area contributed by atoms with Crippen molar-refractivity contribution in [3.05, 3.63) is 139 Å². The van der Waals surface area contributed by atoms with Gasteiger partial charge < -0.3 is 17.7 Å². The first-order valence-electron chi connectivity index (χ1n) is 19.2. The summed E-state index contributed by atoms with van der Waals surface area (Å²) < 4.78 is 27.3. The Kier molecular flexibility index (Phi) is 4.80. The molecular formula is C51H22BNO4. The number of furan rings is 4. The number of nitrogens with zero attached hydrogens (tertiary/aromatic N) is 1. The lowest BCUT2D eigenvalue weighted by Gasteiger charge is -2.34. The minimum absolute atomic E-state index is 0.187. The topological polar surface area (TPSA) is 76.3 Å². The summed E-state index contributed by atoms with van der Waals surface area (Å²) in [5.74, 6) is 0. The van der Waals surface area contributed by atoms with Crippen molar-refractivity contribution in [2.75, 3.05) is 0 Å². The van der Waals surface area contributed by atoms with Crippen LogP contribution in [0.1, 0.15) is 5.56 Å². The van der Waals surface area contributed by atoms with Gasteiger partial charge in [0.1, 0.15) is 44.7 Å². The van der Waals surface area contributed by atoms with E-state index in [1.54, 1.807) is 0 Å². The molecule has 0 aliphatic carbocycles. The number of nitriles is 1. The first-order chi connectivity index (χ1) is 28.2. The molecule has 0 N–H and O–H groups in total. The van der Waals surface area contributed by atoms with E-state index in [4.69, 9.17) is 17.7 Å². The fraction of sp³-hybridized carbons (Fsp3) is 0. The van der Waals surface area contributed by atoms with Crippen LogP contribution in [0, 0.1) is 11.3 Å². The maximum atomic E-state index is 10.7. The van der Waals surface area contributed by atoms with Crippen LogP contribution in [-0.4, -0.2) is 6.71 Å². The summed E-state index contributed by atoms with van der Waals surface area (Å²) in [5, 5.41) is 23.2. The third kappa shape index (κ3) is 3.25. The Hall–Kier alpha value is -7.75. The Morgan fingerprint density at radius 1 is 0.368 bits per heavy atom. The third-order valence-corrected chi connectivity index (χ3v) is 13.0. The Bertz CT molecular complexity index is 3850. The van der Waals surface area contributed by atoms with Crippen molar-refractivity contribution in [2.24, 2.45) is 0 Å². The van der Waals surface area contributed by atoms with Gasteiger partial charge in [-0.25, -0.2) is 0 Å². The summed E-state index contributed by atoms with van der Waals surface area (Å²) in [7, 11) is 0. The quantitative estimate of drug-likeness (QED) is 0.146. The molecule has 6 heterocycles. The lowest BCUT2D eigenvalue weighted by atomic mass is 9.31. The summed E-state index contributed by atoms with van der Waals surface area (Å²) in [6, 6.07) is 49.1. The Morgan fingerprint density at radius 2 is 0.719 bits per heavy atom. The van der Waals surface area contributed by atoms with E-state index in [9.17, 15) is 5.26 Å². The fourth-order valence-electron chi connectivity index (χ4n) is 10.8. The number of para-hydroxylation sites is 4. The van der Waals surface area contributed by atoms with Gasteiger partial charge in [-0.05, 0) is 81.6 Å². The molecule has 2 aliphatic heterocycles. The number of hydrogen-bond acceptors (Lipinski definition) is 5. The van der Waals surface area contributed by atoms with Gasteiger partial charge in [0.2, 0.25) is 6.71 Å². The second-order valence-electron chi connectivity index (χ2n) is 15.7. The molecule has 0 spiro atoms. The normalized spacial score (nSPS) is 13.2. The molecule has 0 saturated carbocycles. The van der Waals surface area contributed by atoms with Crippen LogP contribution in [0.2, 0.25) is 0 Å². The van der Waals surface area contributed by atoms with E-state index in [0.717, 1.165) is 132 Å². The zero-order chi connectivity index (χ0) is 36.8. The predicted molar refractivity (Wildman–Crippen MR) is 231 cm³/mol. The molecule has 0 fully saturated rings. The maximum Gasteiger partial charge on any atom is 0.244 e. The molecule has 5 nitrogen and oxygen atoms in total. The Labute approximate surface area is 321 Å². The SMILES string of the molecule is N#Cc1cc2c3c(c1)-c1cc4c5ccccc5oc4c4c1c(cc1c5ccccc5oc14)B3c1cc3c4ccccc4oc3c3c1c-2cc1c2ccccc2oc13. The molecule has 0 unspecified atom stereocenters. The zero-order valence-corrected chi connectivity index (χ0v) is 29.9. The minimum atomic E-state index is -0.187. The van der Waals surface area contributed by atoms with Crippen molar-refractivity contribution in [3.8, 4) is 28.3 Å². The highest BCUT2D eigenvalue weighted by Crippen LogP contribution is 2.50. The zero-order valence-electron chi connectivity index (χ0n) is 29.9. The van der Waals surface area contributed by atoms with Crippen LogP contribution in [0.25, 0.3) is 132 Å². The smallest absolute Gasteiger partial charge is 0.244 e. The van der Waals surface area contributed by atoms with Crippen molar-refractivity contribution in [2.45, 2.75) is 0 Å². The molecule has 0 amide bonds. The van der Waals surface area contributed by atoms with E-state index in [1.807, 2.05) is 48.5 Å². The molecular weight excluding hydrogens is 701 g/mol. The fourth-order valence-corrected chi connectivity index (χ4v) is 10.8. The molecule has 0 bridgehead atoms. The molecule has 0 saturated heterocycles. The van der Waals surface area contributed by atoms with Gasteiger partial charge in [-0.1, -0.05) is 101 Å². The highest BCUT2D eigenvalue weighted by molar-refractivity contribution is 7.02. The second-order valence-corrected chi connectivity index (χ2v) is 15.7. The molecule has 0 radical (unpaired) electrons. The van der Waals surface area contributed by atoms with Gasteiger partial charge in [-0.15, -0.1) is 0 Å². The summed E-state index contributed by atoms with van der Waals surface area (Å²) in [6.07, 6.45) is 0. The van der Waals surface area contributed by atoms with Crippen molar-refractivity contribution >= 4 is 132 Å². The van der Waals surface area contributed by atoms with Crippen LogP contribution >= 0.6 is 0 Å². The van der Waals surface area contributed by atoms with Crippen LogP contribution < -0.4 is 16.4 Å². The number of benzene rings is 9. The van der Waals surface area contributed by atoms with Gasteiger partial charge in [0.15, 0.2) is 0 Å². The molecule has 15 rings (SSSR count). The summed E-state index contributed by atoms with van der Waals surface area (Å²) in [4.78, 5) is 0. The van der Waals surface area contributed by atoms with Crippen LogP contribution in [-0.2, 0) is 0 Å². The molecule has 2 aliphatic rings. The van der Waals surface area contributed by atoms with E-state index < -0.39 is 0 Å². The summed E-state index contributed by atoms with van der Waals surface area (Å²) in [6.45, 7) is -0.187. The van der Waals surface area contributed by atoms with Gasteiger partial charge >= 0.3 is 0 Å². The molecule has 6 heteroatoms. The van der Waals surface area contributed by atoms with Crippen LogP contribution in [0.4, 0.5) is 0 Å². The molecule has 57 heavy (non-hydrogen) atoms. The average molecular weight is 724 g/mol. The maximum absolute atomic E-state index is 10.7. The number of rotatable bonds is 0. The van der Waals surface area contributed by atoms with Gasteiger partial charge in [0.05, 0.1) is 22.4 Å². The average Bonchev–Trinajstić information content (AvgIpc) is 4.03. The number of hydrogen-bond donors (Lipinski definition) is 0. The minimum Gasteiger partial charge on any atom is -0.455 e. The van der Waals surface area contributed by atoms with Gasteiger partial charge in [-0.3, -0.25) is 0 Å². The lowest BCUT2D eigenvalue weighted by Crippen LogP contribution is -2.57. The van der Waals surface area contributed by atoms with Crippen molar-refractivity contribution in [1.82, 2.24) is 0 Å². The van der Waals surface area contributed by atoms with E-state index in [0.29, 0.717) is 5.56 Å². The van der Waals surface area contributed by atoms with Crippen LogP contribution in [0.3, 0.4) is 0 Å². The third-order valence-electron chi connectivity index (χ3n) is 13.0. The molecule has 13 aromatic rings. The summed E-state index contributed by atoms with van der Waals surface area (Å²) >= 11 is 0. The van der Waals surface area contributed by atoms with E-state index >= 15 is 0 Å². The Morgan fingerprint density at radius 3 is 1.09 bits per heavy atom. The van der Waals surface area contributed by atoms with E-state index in [1.165, 1.54) is 16.4 Å². The predicted octanol–water partition coefficient (Wildman–Crippen LogP) is 11.9. The van der Waals surface area contributed by atoms with Gasteiger partial charge in [0.25, 0.3) is 0 Å². The van der Waals surface area contributed by atoms with E-state index in [-0.39, 0.29) is 6.71 Å². The molecule has 0 atom stereocenters. The van der Waals surface area contributed by atoms with Crippen molar-refractivity contribution < 1.29 is 17.7 Å². The summed E-state index contributed by atoms with van der Waals surface area (Å²) in [5.41, 5.74) is 15.0. The highest BCUT2D eigenvalue weighted by Gasteiger charge is 2.42. The highest BCUT2D eigenvalue weighted by atomic mass is 16.4. The lowest BCUT2D eigenvalue weighted by molar-refractivity contribution is 0.662. The van der Waals surface area contributed by atoms with Crippen molar-refractivity contribution in [3.63, 3.8) is 0 Å². The first-order valence-corrected chi connectivity index (χ1v) is 19.2. The second kappa shape index (κ2) is 9.54. The molecule has 258 valence electrons. The largest absolute Gasteiger partial charge is 0.455 e. The first kappa shape index (κ1) is 28.7. The Balaban J connectivity index is 1.24. The van der Waals surface area contributed by atoms with Crippen LogP contribution in [0.15, 0.2) is 151 Å². The van der Waals surface area contributed by atoms with Gasteiger partial charge in [0, 0.05) is 43.1 Å². The standard InChI is InChI=1S/C51H22BNO4/c53-23-24-17-31-29-19-33-25-9-1-5-13-39(25)54-48(33)45-43(29)37(21-35-27-11-3-7-15-41(27)56-50(35)45)52-38-22-36-28-12-4-8-16-42(28)57-51(36)46-44(38)30(32(18-24)47(31)52)20-34-26-10-2-6-14-40(26)55-49(34)46/h1-22H. The number of fused-ring (bicyclic) bond motifs is 20. The molecule has 4 aromatic heterocycles. The van der Waals surface area contributed by atoms with E-state index in [2.05, 4.69) is 91.0 Å². The van der Waals surface area contributed by atoms with Crippen molar-refractivity contribution in [1.29, 1.82) is 5.26 Å².